The summed E-state index contributed by atoms with van der Waals surface area (Å²) in [4.78, 5) is 11.0. The minimum Gasteiger partial charge on any atom is -0.478 e. The molecule has 1 fully saturated rings. The highest BCUT2D eigenvalue weighted by Gasteiger charge is 2.30. The van der Waals surface area contributed by atoms with E-state index in [-0.39, 0.29) is 5.56 Å². The lowest BCUT2D eigenvalue weighted by atomic mass is 9.75. The summed E-state index contributed by atoms with van der Waals surface area (Å²) in [5.74, 6) is -0.930. The van der Waals surface area contributed by atoms with Crippen molar-refractivity contribution in [2.24, 2.45) is 5.41 Å². The summed E-state index contributed by atoms with van der Waals surface area (Å²) in [6.45, 7) is 4.58. The van der Waals surface area contributed by atoms with E-state index in [1.807, 2.05) is 10.7 Å². The second kappa shape index (κ2) is 4.58. The molecule has 0 spiro atoms. The predicted molar refractivity (Wildman–Crippen MR) is 75.8 cm³/mol. The van der Waals surface area contributed by atoms with Gasteiger partial charge in [0.25, 0.3) is 0 Å². The maximum atomic E-state index is 11.0. The van der Waals surface area contributed by atoms with Crippen LogP contribution in [0.15, 0.2) is 18.2 Å². The Kier molecular flexibility index (Phi) is 3.00. The fourth-order valence-electron chi connectivity index (χ4n) is 3.21. The highest BCUT2D eigenvalue weighted by atomic mass is 16.4. The molecule has 106 valence electrons. The Morgan fingerprint density at radius 1 is 1.45 bits per heavy atom. The van der Waals surface area contributed by atoms with E-state index < -0.39 is 5.97 Å². The van der Waals surface area contributed by atoms with Crippen molar-refractivity contribution in [3.63, 3.8) is 0 Å². The molecule has 1 atom stereocenters. The highest BCUT2D eigenvalue weighted by Crippen LogP contribution is 2.41. The smallest absolute Gasteiger partial charge is 0.335 e. The summed E-state index contributed by atoms with van der Waals surface area (Å²) in [5, 5.41) is 17.4. The van der Waals surface area contributed by atoms with Gasteiger partial charge in [-0.15, -0.1) is 5.10 Å². The summed E-state index contributed by atoms with van der Waals surface area (Å²) in [5.41, 5.74) is 2.18. The van der Waals surface area contributed by atoms with E-state index in [0.717, 1.165) is 18.4 Å². The number of hydrogen-bond donors (Lipinski definition) is 1. The van der Waals surface area contributed by atoms with Crippen molar-refractivity contribution in [3.8, 4) is 0 Å². The van der Waals surface area contributed by atoms with E-state index in [0.29, 0.717) is 17.0 Å². The number of carboxylic acid groups (broad SMARTS) is 1. The van der Waals surface area contributed by atoms with Gasteiger partial charge in [0, 0.05) is 0 Å². The first kappa shape index (κ1) is 13.1. The van der Waals surface area contributed by atoms with Crippen LogP contribution in [0.2, 0.25) is 0 Å². The number of aromatic carboxylic acids is 1. The molecule has 20 heavy (non-hydrogen) atoms. The quantitative estimate of drug-likeness (QED) is 0.911. The number of rotatable bonds is 2. The van der Waals surface area contributed by atoms with Crippen LogP contribution >= 0.6 is 0 Å². The third-order valence-corrected chi connectivity index (χ3v) is 4.24. The molecule has 1 N–H and O–H groups in total. The largest absolute Gasteiger partial charge is 0.478 e. The first-order valence-electron chi connectivity index (χ1n) is 7.04. The lowest BCUT2D eigenvalue weighted by molar-refractivity contribution is 0.0697. The van der Waals surface area contributed by atoms with Gasteiger partial charge in [-0.2, -0.15) is 0 Å². The van der Waals surface area contributed by atoms with Crippen LogP contribution in [0.5, 0.6) is 0 Å². The molecule has 0 aliphatic heterocycles. The van der Waals surface area contributed by atoms with Gasteiger partial charge in [-0.1, -0.05) is 25.5 Å². The zero-order valence-corrected chi connectivity index (χ0v) is 11.8. The van der Waals surface area contributed by atoms with Crippen LogP contribution < -0.4 is 0 Å². The molecule has 0 radical (unpaired) electrons. The average molecular weight is 273 g/mol. The first-order chi connectivity index (χ1) is 9.46. The van der Waals surface area contributed by atoms with Gasteiger partial charge in [0.05, 0.1) is 17.1 Å². The van der Waals surface area contributed by atoms with Crippen LogP contribution in [0, 0.1) is 5.41 Å². The Hall–Kier alpha value is -1.91. The van der Waals surface area contributed by atoms with Gasteiger partial charge in [-0.3, -0.25) is 0 Å². The lowest BCUT2D eigenvalue weighted by Crippen LogP contribution is -2.25. The van der Waals surface area contributed by atoms with Gasteiger partial charge in [0.1, 0.15) is 5.52 Å². The van der Waals surface area contributed by atoms with Crippen molar-refractivity contribution in [1.29, 1.82) is 0 Å². The molecular formula is C15H19N3O2. The summed E-state index contributed by atoms with van der Waals surface area (Å²) in [6.07, 6.45) is 4.65. The molecule has 1 aliphatic carbocycles. The summed E-state index contributed by atoms with van der Waals surface area (Å²) in [6, 6.07) is 5.40. The monoisotopic (exact) mass is 273 g/mol. The van der Waals surface area contributed by atoms with Crippen molar-refractivity contribution in [1.82, 2.24) is 15.0 Å². The molecule has 0 bridgehead atoms. The average Bonchev–Trinajstić information content (AvgIpc) is 2.80. The minimum atomic E-state index is -0.930. The third-order valence-electron chi connectivity index (χ3n) is 4.24. The molecule has 2 aromatic rings. The summed E-state index contributed by atoms with van der Waals surface area (Å²) in [7, 11) is 0. The van der Waals surface area contributed by atoms with E-state index in [2.05, 4.69) is 24.2 Å². The number of fused-ring (bicyclic) bond motifs is 1. The van der Waals surface area contributed by atoms with Crippen molar-refractivity contribution < 1.29 is 9.90 Å². The second-order valence-corrected chi connectivity index (χ2v) is 6.46. The van der Waals surface area contributed by atoms with E-state index in [1.165, 1.54) is 12.8 Å². The Bertz CT molecular complexity index is 660. The molecule has 1 aromatic carbocycles. The molecule has 1 heterocycles. The number of carbonyl (C=O) groups is 1. The third kappa shape index (κ3) is 2.28. The number of hydrogen-bond acceptors (Lipinski definition) is 3. The second-order valence-electron chi connectivity index (χ2n) is 6.46. The Labute approximate surface area is 117 Å². The maximum Gasteiger partial charge on any atom is 0.335 e. The molecule has 1 saturated carbocycles. The Balaban J connectivity index is 1.98. The molecule has 0 saturated heterocycles. The highest BCUT2D eigenvalue weighted by molar-refractivity contribution is 5.92. The van der Waals surface area contributed by atoms with Crippen LogP contribution in [-0.4, -0.2) is 26.1 Å². The standard InChI is InChI=1S/C15H19N3O2/c1-15(2)7-3-4-11(9-15)18-13-6-5-10(14(19)20)8-12(13)16-17-18/h5-6,8,11H,3-4,7,9H2,1-2H3,(H,19,20). The minimum absolute atomic E-state index is 0.258. The van der Waals surface area contributed by atoms with Crippen LogP contribution in [0.25, 0.3) is 11.0 Å². The van der Waals surface area contributed by atoms with Crippen molar-refractivity contribution in [3.05, 3.63) is 23.8 Å². The van der Waals surface area contributed by atoms with Gasteiger partial charge in [0.2, 0.25) is 0 Å². The molecule has 1 aliphatic rings. The van der Waals surface area contributed by atoms with Gasteiger partial charge >= 0.3 is 5.97 Å². The van der Waals surface area contributed by atoms with Gasteiger partial charge in [-0.05, 0) is 42.9 Å². The predicted octanol–water partition coefficient (Wildman–Crippen LogP) is 3.27. The number of nitrogens with zero attached hydrogens (tertiary/aromatic N) is 3. The number of benzene rings is 1. The summed E-state index contributed by atoms with van der Waals surface area (Å²) >= 11 is 0. The van der Waals surface area contributed by atoms with E-state index in [1.54, 1.807) is 12.1 Å². The van der Waals surface area contributed by atoms with Crippen molar-refractivity contribution >= 4 is 17.0 Å². The molecule has 5 heteroatoms. The van der Waals surface area contributed by atoms with Crippen LogP contribution in [0.3, 0.4) is 0 Å². The van der Waals surface area contributed by atoms with Gasteiger partial charge in [-0.25, -0.2) is 9.48 Å². The zero-order chi connectivity index (χ0) is 14.3. The molecule has 3 rings (SSSR count). The van der Waals surface area contributed by atoms with E-state index in [4.69, 9.17) is 5.11 Å². The SMILES string of the molecule is CC1(C)CCCC(n2nnc3cc(C(=O)O)ccc32)C1. The maximum absolute atomic E-state index is 11.0. The van der Waals surface area contributed by atoms with Crippen LogP contribution in [-0.2, 0) is 0 Å². The topological polar surface area (TPSA) is 68.0 Å². The summed E-state index contributed by atoms with van der Waals surface area (Å²) < 4.78 is 1.97. The Morgan fingerprint density at radius 3 is 2.95 bits per heavy atom. The lowest BCUT2D eigenvalue weighted by Gasteiger charge is -2.35. The molecule has 1 unspecified atom stereocenters. The number of aromatic nitrogens is 3. The molecule has 5 nitrogen and oxygen atoms in total. The van der Waals surface area contributed by atoms with Crippen LogP contribution in [0.1, 0.15) is 55.9 Å². The van der Waals surface area contributed by atoms with Gasteiger partial charge in [0.15, 0.2) is 0 Å². The first-order valence-corrected chi connectivity index (χ1v) is 7.04. The fourth-order valence-corrected chi connectivity index (χ4v) is 3.21. The van der Waals surface area contributed by atoms with E-state index in [9.17, 15) is 4.79 Å². The van der Waals surface area contributed by atoms with Crippen molar-refractivity contribution in [2.45, 2.75) is 45.6 Å². The molecular weight excluding hydrogens is 254 g/mol. The van der Waals surface area contributed by atoms with Gasteiger partial charge < -0.3 is 5.11 Å². The van der Waals surface area contributed by atoms with Crippen LogP contribution in [0.4, 0.5) is 0 Å². The zero-order valence-electron chi connectivity index (χ0n) is 11.8. The molecule has 0 amide bonds. The Morgan fingerprint density at radius 2 is 2.25 bits per heavy atom. The normalized spacial score (nSPS) is 22.0. The fraction of sp³-hybridized carbons (Fsp3) is 0.533. The number of carboxylic acids is 1. The van der Waals surface area contributed by atoms with E-state index >= 15 is 0 Å². The van der Waals surface area contributed by atoms with Crippen molar-refractivity contribution in [2.75, 3.05) is 0 Å². The molecule has 1 aromatic heterocycles.